The maximum Gasteiger partial charge on any atom is 0.293 e. The Morgan fingerprint density at radius 1 is 1.35 bits per heavy atom. The first kappa shape index (κ1) is 15.3. The highest BCUT2D eigenvalue weighted by molar-refractivity contribution is 9.10. The lowest BCUT2D eigenvalue weighted by Crippen LogP contribution is -2.20. The molecule has 0 radical (unpaired) electrons. The van der Waals surface area contributed by atoms with Gasteiger partial charge >= 0.3 is 0 Å². The molecule has 0 aromatic heterocycles. The lowest BCUT2D eigenvalue weighted by molar-refractivity contribution is -0.384. The number of hydrogen-bond donors (Lipinski definition) is 1. The van der Waals surface area contributed by atoms with E-state index in [1.165, 1.54) is 25.3 Å². The number of benzene rings is 1. The average Bonchev–Trinajstić information content (AvgIpc) is 2.45. The van der Waals surface area contributed by atoms with Crippen LogP contribution < -0.4 is 5.32 Å². The Morgan fingerprint density at radius 2 is 2.10 bits per heavy atom. The van der Waals surface area contributed by atoms with E-state index in [4.69, 9.17) is 4.74 Å². The molecule has 0 bridgehead atoms. The van der Waals surface area contributed by atoms with Gasteiger partial charge in [0.25, 0.3) is 5.69 Å². The van der Waals surface area contributed by atoms with Crippen molar-refractivity contribution in [1.29, 1.82) is 0 Å². The van der Waals surface area contributed by atoms with Crippen molar-refractivity contribution in [2.75, 3.05) is 18.5 Å². The number of nitrogens with zero attached hydrogens (tertiary/aromatic N) is 1. The molecular formula is C14H19BrN2O3. The second-order valence-corrected chi connectivity index (χ2v) is 5.89. The predicted octanol–water partition coefficient (Wildman–Crippen LogP) is 4.12. The van der Waals surface area contributed by atoms with Gasteiger partial charge in [-0.1, -0.05) is 35.2 Å². The minimum Gasteiger partial charge on any atom is -0.377 e. The molecule has 110 valence electrons. The standard InChI is InChI=1S/C14H19BrN2O3/c15-11-6-7-13(14(10-11)17(18)19)16-8-9-20-12-4-2-1-3-5-12/h6-7,10,12,16H,1-5,8-9H2. The van der Waals surface area contributed by atoms with Crippen molar-refractivity contribution in [3.63, 3.8) is 0 Å². The van der Waals surface area contributed by atoms with Gasteiger partial charge < -0.3 is 10.1 Å². The summed E-state index contributed by atoms with van der Waals surface area (Å²) in [4.78, 5) is 10.6. The molecule has 1 aromatic rings. The van der Waals surface area contributed by atoms with Crippen LogP contribution in [0.1, 0.15) is 32.1 Å². The molecule has 5 nitrogen and oxygen atoms in total. The first-order valence-corrected chi connectivity index (χ1v) is 7.75. The quantitative estimate of drug-likeness (QED) is 0.479. The molecule has 0 heterocycles. The topological polar surface area (TPSA) is 64.4 Å². The smallest absolute Gasteiger partial charge is 0.293 e. The molecule has 0 saturated heterocycles. The van der Waals surface area contributed by atoms with Crippen molar-refractivity contribution in [2.24, 2.45) is 0 Å². The lowest BCUT2D eigenvalue weighted by atomic mass is 9.98. The summed E-state index contributed by atoms with van der Waals surface area (Å²) in [6.45, 7) is 1.16. The van der Waals surface area contributed by atoms with Gasteiger partial charge in [0.05, 0.1) is 17.6 Å². The summed E-state index contributed by atoms with van der Waals surface area (Å²) in [6.07, 6.45) is 6.44. The molecule has 2 rings (SSSR count). The monoisotopic (exact) mass is 342 g/mol. The molecular weight excluding hydrogens is 324 g/mol. The van der Waals surface area contributed by atoms with Gasteiger partial charge in [-0.05, 0) is 25.0 Å². The van der Waals surface area contributed by atoms with Gasteiger partial charge in [-0.15, -0.1) is 0 Å². The van der Waals surface area contributed by atoms with Crippen LogP contribution in [0.5, 0.6) is 0 Å². The largest absolute Gasteiger partial charge is 0.377 e. The predicted molar refractivity (Wildman–Crippen MR) is 82.1 cm³/mol. The van der Waals surface area contributed by atoms with E-state index in [1.807, 2.05) is 0 Å². The van der Waals surface area contributed by atoms with E-state index in [-0.39, 0.29) is 10.6 Å². The summed E-state index contributed by atoms with van der Waals surface area (Å²) >= 11 is 3.24. The van der Waals surface area contributed by atoms with Crippen molar-refractivity contribution >= 4 is 27.3 Å². The number of rotatable bonds is 6. The van der Waals surface area contributed by atoms with Crippen molar-refractivity contribution < 1.29 is 9.66 Å². The fourth-order valence-electron chi connectivity index (χ4n) is 2.45. The van der Waals surface area contributed by atoms with Crippen LogP contribution in [0.4, 0.5) is 11.4 Å². The third kappa shape index (κ3) is 4.45. The summed E-state index contributed by atoms with van der Waals surface area (Å²) in [5.74, 6) is 0. The molecule has 1 fully saturated rings. The number of hydrogen-bond acceptors (Lipinski definition) is 4. The zero-order valence-electron chi connectivity index (χ0n) is 11.3. The number of nitrogens with one attached hydrogen (secondary N) is 1. The van der Waals surface area contributed by atoms with Crippen LogP contribution in [-0.4, -0.2) is 24.2 Å². The maximum absolute atomic E-state index is 11.0. The van der Waals surface area contributed by atoms with Gasteiger partial charge in [-0.2, -0.15) is 0 Å². The molecule has 6 heteroatoms. The SMILES string of the molecule is O=[N+]([O-])c1cc(Br)ccc1NCCOC1CCCCC1. The highest BCUT2D eigenvalue weighted by Crippen LogP contribution is 2.27. The Morgan fingerprint density at radius 3 is 2.80 bits per heavy atom. The molecule has 1 aliphatic rings. The number of halogens is 1. The fraction of sp³-hybridized carbons (Fsp3) is 0.571. The highest BCUT2D eigenvalue weighted by Gasteiger charge is 2.15. The molecule has 1 aromatic carbocycles. The van der Waals surface area contributed by atoms with E-state index in [1.54, 1.807) is 12.1 Å². The van der Waals surface area contributed by atoms with Crippen LogP contribution >= 0.6 is 15.9 Å². The molecule has 1 aliphatic carbocycles. The maximum atomic E-state index is 11.0. The van der Waals surface area contributed by atoms with Crippen LogP contribution in [0.2, 0.25) is 0 Å². The minimum atomic E-state index is -0.380. The van der Waals surface area contributed by atoms with Gasteiger partial charge in [0.15, 0.2) is 0 Å². The van der Waals surface area contributed by atoms with Crippen LogP contribution in [0.25, 0.3) is 0 Å². The highest BCUT2D eigenvalue weighted by atomic mass is 79.9. The Hall–Kier alpha value is -1.14. The van der Waals surface area contributed by atoms with Gasteiger partial charge in [0, 0.05) is 17.1 Å². The van der Waals surface area contributed by atoms with Gasteiger partial charge in [0.2, 0.25) is 0 Å². The van der Waals surface area contributed by atoms with E-state index in [2.05, 4.69) is 21.2 Å². The Balaban J connectivity index is 1.80. The zero-order chi connectivity index (χ0) is 14.4. The van der Waals surface area contributed by atoms with Crippen LogP contribution in [0.15, 0.2) is 22.7 Å². The van der Waals surface area contributed by atoms with E-state index in [9.17, 15) is 10.1 Å². The Bertz CT molecular complexity index is 462. The van der Waals surface area contributed by atoms with Crippen molar-refractivity contribution in [3.8, 4) is 0 Å². The zero-order valence-corrected chi connectivity index (χ0v) is 12.9. The number of ether oxygens (including phenoxy) is 1. The second kappa shape index (κ2) is 7.59. The van der Waals surface area contributed by atoms with E-state index in [0.29, 0.717) is 29.4 Å². The van der Waals surface area contributed by atoms with Crippen molar-refractivity contribution in [3.05, 3.63) is 32.8 Å². The molecule has 20 heavy (non-hydrogen) atoms. The number of nitro groups is 1. The molecule has 0 spiro atoms. The van der Waals surface area contributed by atoms with Crippen LogP contribution in [-0.2, 0) is 4.74 Å². The summed E-state index contributed by atoms with van der Waals surface area (Å²) in [7, 11) is 0. The van der Waals surface area contributed by atoms with Crippen molar-refractivity contribution in [2.45, 2.75) is 38.2 Å². The molecule has 0 aliphatic heterocycles. The molecule has 0 atom stereocenters. The molecule has 0 amide bonds. The molecule has 1 N–H and O–H groups in total. The Kier molecular flexibility index (Phi) is 5.79. The first-order chi connectivity index (χ1) is 9.66. The number of anilines is 1. The van der Waals surface area contributed by atoms with E-state index >= 15 is 0 Å². The van der Waals surface area contributed by atoms with E-state index < -0.39 is 0 Å². The summed E-state index contributed by atoms with van der Waals surface area (Å²) in [5.41, 5.74) is 0.613. The summed E-state index contributed by atoms with van der Waals surface area (Å²) in [5, 5.41) is 14.0. The average molecular weight is 343 g/mol. The second-order valence-electron chi connectivity index (χ2n) is 4.98. The van der Waals surface area contributed by atoms with Gasteiger partial charge in [-0.3, -0.25) is 10.1 Å². The Labute approximate surface area is 127 Å². The fourth-order valence-corrected chi connectivity index (χ4v) is 2.80. The van der Waals surface area contributed by atoms with Gasteiger partial charge in [-0.25, -0.2) is 0 Å². The lowest BCUT2D eigenvalue weighted by Gasteiger charge is -2.22. The summed E-state index contributed by atoms with van der Waals surface area (Å²) in [6, 6.07) is 5.00. The molecule has 1 saturated carbocycles. The summed E-state index contributed by atoms with van der Waals surface area (Å²) < 4.78 is 6.49. The third-order valence-electron chi connectivity index (χ3n) is 3.48. The first-order valence-electron chi connectivity index (χ1n) is 6.96. The normalized spacial score (nSPS) is 16.1. The van der Waals surface area contributed by atoms with Crippen molar-refractivity contribution in [1.82, 2.24) is 0 Å². The van der Waals surface area contributed by atoms with Crippen LogP contribution in [0, 0.1) is 10.1 Å². The van der Waals surface area contributed by atoms with E-state index in [0.717, 1.165) is 12.8 Å². The number of nitro benzene ring substituents is 1. The van der Waals surface area contributed by atoms with Crippen LogP contribution in [0.3, 0.4) is 0 Å². The van der Waals surface area contributed by atoms with Gasteiger partial charge in [0.1, 0.15) is 5.69 Å². The minimum absolute atomic E-state index is 0.0806. The molecule has 0 unspecified atom stereocenters. The third-order valence-corrected chi connectivity index (χ3v) is 3.97.